The lowest BCUT2D eigenvalue weighted by molar-refractivity contribution is -0.0884. The van der Waals surface area contributed by atoms with Gasteiger partial charge in [-0.15, -0.1) is 0 Å². The Hall–Kier alpha value is -0.220. The Labute approximate surface area is 96.2 Å². The highest BCUT2D eigenvalue weighted by Gasteiger charge is 2.45. The van der Waals surface area contributed by atoms with E-state index in [0.717, 1.165) is 13.1 Å². The molecule has 0 bridgehead atoms. The molecule has 16 heavy (non-hydrogen) atoms. The zero-order valence-corrected chi connectivity index (χ0v) is 9.85. The molecule has 0 amide bonds. The summed E-state index contributed by atoms with van der Waals surface area (Å²) in [6, 6.07) is 0. The summed E-state index contributed by atoms with van der Waals surface area (Å²) in [6.45, 7) is 1.05. The third-order valence-corrected chi connectivity index (χ3v) is 4.04. The molecule has 0 aromatic rings. The fourth-order valence-corrected chi connectivity index (χ4v) is 3.20. The zero-order chi connectivity index (χ0) is 11.6. The first-order valence-corrected chi connectivity index (χ1v) is 6.36. The van der Waals surface area contributed by atoms with Gasteiger partial charge in [-0.1, -0.05) is 25.7 Å². The quantitative estimate of drug-likeness (QED) is 0.808. The van der Waals surface area contributed by atoms with Gasteiger partial charge in [0.15, 0.2) is 0 Å². The molecular weight excluding hydrogens is 210 g/mol. The van der Waals surface area contributed by atoms with Crippen molar-refractivity contribution in [3.63, 3.8) is 0 Å². The van der Waals surface area contributed by atoms with Gasteiger partial charge in [-0.05, 0) is 18.3 Å². The summed E-state index contributed by atoms with van der Waals surface area (Å²) < 4.78 is 26.2. The summed E-state index contributed by atoms with van der Waals surface area (Å²) >= 11 is 0. The number of halogens is 2. The number of likely N-dealkylation sites (tertiary alicyclic amines) is 1. The van der Waals surface area contributed by atoms with E-state index >= 15 is 0 Å². The van der Waals surface area contributed by atoms with Crippen LogP contribution >= 0.6 is 0 Å². The maximum atomic E-state index is 13.1. The maximum Gasteiger partial charge on any atom is 0.272 e. The van der Waals surface area contributed by atoms with Crippen molar-refractivity contribution in [1.82, 2.24) is 4.90 Å². The standard InChI is InChI=1S/C12H22F2N2/c13-12(14,7-15)10-16-8-11(9-16)5-3-1-2-4-6-11/h1-10,15H2. The van der Waals surface area contributed by atoms with E-state index in [-0.39, 0.29) is 6.54 Å². The average molecular weight is 232 g/mol. The van der Waals surface area contributed by atoms with Gasteiger partial charge in [0, 0.05) is 13.1 Å². The minimum absolute atomic E-state index is 0.148. The molecule has 2 nitrogen and oxygen atoms in total. The molecule has 2 rings (SSSR count). The average Bonchev–Trinajstić information content (AvgIpc) is 2.42. The Morgan fingerprint density at radius 1 is 1.06 bits per heavy atom. The molecule has 1 spiro atoms. The van der Waals surface area contributed by atoms with Gasteiger partial charge in [-0.25, -0.2) is 8.78 Å². The first kappa shape index (κ1) is 12.2. The monoisotopic (exact) mass is 232 g/mol. The highest BCUT2D eigenvalue weighted by atomic mass is 19.3. The third-order valence-electron chi connectivity index (χ3n) is 4.04. The summed E-state index contributed by atoms with van der Waals surface area (Å²) in [5.41, 5.74) is 5.43. The minimum Gasteiger partial charge on any atom is -0.325 e. The van der Waals surface area contributed by atoms with Crippen LogP contribution in [0.1, 0.15) is 38.5 Å². The van der Waals surface area contributed by atoms with E-state index in [0.29, 0.717) is 5.41 Å². The smallest absolute Gasteiger partial charge is 0.272 e. The van der Waals surface area contributed by atoms with Gasteiger partial charge in [0.2, 0.25) is 0 Å². The van der Waals surface area contributed by atoms with E-state index in [1.807, 2.05) is 4.90 Å². The number of hydrogen-bond acceptors (Lipinski definition) is 2. The Morgan fingerprint density at radius 2 is 1.62 bits per heavy atom. The second-order valence-corrected chi connectivity index (χ2v) is 5.62. The van der Waals surface area contributed by atoms with E-state index in [1.54, 1.807) is 0 Å². The number of rotatable bonds is 3. The van der Waals surface area contributed by atoms with E-state index in [2.05, 4.69) is 0 Å². The fraction of sp³-hybridized carbons (Fsp3) is 1.00. The van der Waals surface area contributed by atoms with Crippen molar-refractivity contribution in [2.24, 2.45) is 11.1 Å². The topological polar surface area (TPSA) is 29.3 Å². The van der Waals surface area contributed by atoms with Crippen LogP contribution in [-0.2, 0) is 0 Å². The van der Waals surface area contributed by atoms with Gasteiger partial charge in [0.25, 0.3) is 5.92 Å². The van der Waals surface area contributed by atoms with Gasteiger partial charge in [-0.2, -0.15) is 0 Å². The van der Waals surface area contributed by atoms with Crippen molar-refractivity contribution in [3.05, 3.63) is 0 Å². The lowest BCUT2D eigenvalue weighted by atomic mass is 9.73. The summed E-state index contributed by atoms with van der Waals surface area (Å²) in [4.78, 5) is 1.87. The van der Waals surface area contributed by atoms with Crippen LogP contribution in [0.5, 0.6) is 0 Å². The molecule has 2 aliphatic rings. The second kappa shape index (κ2) is 4.57. The van der Waals surface area contributed by atoms with Gasteiger partial charge in [0.1, 0.15) is 0 Å². The van der Waals surface area contributed by atoms with Crippen LogP contribution in [0.25, 0.3) is 0 Å². The summed E-state index contributed by atoms with van der Waals surface area (Å²) in [5.74, 6) is -2.70. The van der Waals surface area contributed by atoms with Crippen LogP contribution in [0.3, 0.4) is 0 Å². The van der Waals surface area contributed by atoms with Gasteiger partial charge < -0.3 is 5.73 Å². The molecule has 0 aromatic carbocycles. The molecule has 1 aliphatic carbocycles. The van der Waals surface area contributed by atoms with Crippen LogP contribution in [0, 0.1) is 5.41 Å². The van der Waals surface area contributed by atoms with Crippen molar-refractivity contribution in [2.75, 3.05) is 26.2 Å². The largest absolute Gasteiger partial charge is 0.325 e. The third kappa shape index (κ3) is 2.72. The Morgan fingerprint density at radius 3 is 2.12 bits per heavy atom. The molecule has 0 atom stereocenters. The van der Waals surface area contributed by atoms with Crippen molar-refractivity contribution < 1.29 is 8.78 Å². The Balaban J connectivity index is 1.79. The Kier molecular flexibility index (Phi) is 3.50. The predicted octanol–water partition coefficient (Wildman–Crippen LogP) is 2.24. The summed E-state index contributed by atoms with van der Waals surface area (Å²) in [5, 5.41) is 0. The molecule has 4 heteroatoms. The van der Waals surface area contributed by atoms with E-state index in [1.165, 1.54) is 38.5 Å². The maximum absolute atomic E-state index is 13.1. The Bertz CT molecular complexity index is 227. The van der Waals surface area contributed by atoms with Crippen LogP contribution in [-0.4, -0.2) is 37.0 Å². The van der Waals surface area contributed by atoms with Crippen molar-refractivity contribution >= 4 is 0 Å². The van der Waals surface area contributed by atoms with Crippen LogP contribution in [0.15, 0.2) is 0 Å². The van der Waals surface area contributed by atoms with Crippen molar-refractivity contribution in [3.8, 4) is 0 Å². The molecule has 2 fully saturated rings. The molecule has 1 saturated carbocycles. The van der Waals surface area contributed by atoms with Gasteiger partial charge >= 0.3 is 0 Å². The van der Waals surface area contributed by atoms with E-state index in [9.17, 15) is 8.78 Å². The molecule has 94 valence electrons. The molecule has 1 saturated heterocycles. The van der Waals surface area contributed by atoms with Crippen LogP contribution < -0.4 is 5.73 Å². The highest BCUT2D eigenvalue weighted by molar-refractivity contribution is 4.97. The summed E-state index contributed by atoms with van der Waals surface area (Å²) in [7, 11) is 0. The molecule has 0 aromatic heterocycles. The number of alkyl halides is 2. The second-order valence-electron chi connectivity index (χ2n) is 5.62. The molecule has 0 unspecified atom stereocenters. The van der Waals surface area contributed by atoms with Gasteiger partial charge in [0.05, 0.1) is 13.1 Å². The molecular formula is C12H22F2N2. The SMILES string of the molecule is NCC(F)(F)CN1CC2(CCCCCC2)C1. The fourth-order valence-electron chi connectivity index (χ4n) is 3.20. The lowest BCUT2D eigenvalue weighted by Crippen LogP contribution is -2.59. The number of nitrogens with zero attached hydrogens (tertiary/aromatic N) is 1. The lowest BCUT2D eigenvalue weighted by Gasteiger charge is -2.51. The molecule has 2 N–H and O–H groups in total. The van der Waals surface area contributed by atoms with E-state index < -0.39 is 12.5 Å². The van der Waals surface area contributed by atoms with Crippen molar-refractivity contribution in [1.29, 1.82) is 0 Å². The number of nitrogens with two attached hydrogens (primary N) is 1. The van der Waals surface area contributed by atoms with Crippen LogP contribution in [0.4, 0.5) is 8.78 Å². The first-order valence-electron chi connectivity index (χ1n) is 6.36. The summed E-state index contributed by atoms with van der Waals surface area (Å²) in [6.07, 6.45) is 7.67. The van der Waals surface area contributed by atoms with Gasteiger partial charge in [-0.3, -0.25) is 4.90 Å². The zero-order valence-electron chi connectivity index (χ0n) is 9.85. The predicted molar refractivity (Wildman–Crippen MR) is 60.6 cm³/mol. The van der Waals surface area contributed by atoms with Crippen LogP contribution in [0.2, 0.25) is 0 Å². The first-order chi connectivity index (χ1) is 7.55. The van der Waals surface area contributed by atoms with Crippen molar-refractivity contribution in [2.45, 2.75) is 44.4 Å². The minimum atomic E-state index is -2.70. The highest BCUT2D eigenvalue weighted by Crippen LogP contribution is 2.43. The molecule has 1 heterocycles. The molecule has 1 aliphatic heterocycles. The number of hydrogen-bond donors (Lipinski definition) is 1. The van der Waals surface area contributed by atoms with E-state index in [4.69, 9.17) is 5.73 Å². The normalized spacial score (nSPS) is 26.4. The molecule has 0 radical (unpaired) electrons.